The van der Waals surface area contributed by atoms with Crippen LogP contribution < -0.4 is 14.8 Å². The van der Waals surface area contributed by atoms with E-state index in [1.54, 1.807) is 30.5 Å². The Morgan fingerprint density at radius 2 is 2.06 bits per heavy atom. The second-order valence-corrected chi connectivity index (χ2v) is 9.03. The van der Waals surface area contributed by atoms with Gasteiger partial charge < -0.3 is 19.5 Å². The van der Waals surface area contributed by atoms with E-state index in [0.29, 0.717) is 40.5 Å². The standard InChI is InChI=1S/C22H29BrN4O4S/c1-6-9-10-32-22-25-21-24-13(4)17(20(28)31-8-3)18(27(21)26-22)14-11-15(23)19(30-7-2)16(12-14)29-5/h11-12,18H,6-10H2,1-5H3,(H,24,25,26). The first kappa shape index (κ1) is 24.4. The van der Waals surface area contributed by atoms with Crippen LogP contribution in [0.25, 0.3) is 0 Å². The van der Waals surface area contributed by atoms with Crippen LogP contribution in [0.2, 0.25) is 0 Å². The van der Waals surface area contributed by atoms with Gasteiger partial charge in [0.25, 0.3) is 0 Å². The van der Waals surface area contributed by atoms with Crippen molar-refractivity contribution in [3.8, 4) is 11.5 Å². The summed E-state index contributed by atoms with van der Waals surface area (Å²) >= 11 is 5.20. The first-order chi connectivity index (χ1) is 15.4. The number of thioether (sulfide) groups is 1. The lowest BCUT2D eigenvalue weighted by Gasteiger charge is -2.28. The summed E-state index contributed by atoms with van der Waals surface area (Å²) in [4.78, 5) is 17.6. The van der Waals surface area contributed by atoms with E-state index in [9.17, 15) is 4.79 Å². The van der Waals surface area contributed by atoms with Gasteiger partial charge in [0.2, 0.25) is 11.1 Å². The number of halogens is 1. The van der Waals surface area contributed by atoms with Gasteiger partial charge in [-0.25, -0.2) is 9.48 Å². The fourth-order valence-corrected chi connectivity index (χ4v) is 4.95. The number of rotatable bonds is 10. The molecule has 0 bridgehead atoms. The molecular formula is C22H29BrN4O4S. The number of fused-ring (bicyclic) bond motifs is 1. The maximum Gasteiger partial charge on any atom is 0.338 e. The molecule has 1 aliphatic heterocycles. The Labute approximate surface area is 201 Å². The van der Waals surface area contributed by atoms with Gasteiger partial charge in [0.05, 0.1) is 30.4 Å². The van der Waals surface area contributed by atoms with Gasteiger partial charge in [-0.05, 0) is 60.8 Å². The Hall–Kier alpha value is -2.20. The lowest BCUT2D eigenvalue weighted by Crippen LogP contribution is -2.29. The summed E-state index contributed by atoms with van der Waals surface area (Å²) in [6.07, 6.45) is 2.19. The second kappa shape index (κ2) is 11.1. The van der Waals surface area contributed by atoms with Crippen LogP contribution in [0.1, 0.15) is 52.1 Å². The van der Waals surface area contributed by atoms with E-state index in [0.717, 1.165) is 28.6 Å². The molecule has 1 unspecified atom stereocenters. The normalized spacial score (nSPS) is 15.2. The van der Waals surface area contributed by atoms with Crippen molar-refractivity contribution in [3.05, 3.63) is 33.4 Å². The Bertz CT molecular complexity index is 1010. The quantitative estimate of drug-likeness (QED) is 0.258. The molecule has 1 aromatic heterocycles. The highest BCUT2D eigenvalue weighted by Crippen LogP contribution is 2.43. The average molecular weight is 525 g/mol. The van der Waals surface area contributed by atoms with Gasteiger partial charge >= 0.3 is 5.97 Å². The van der Waals surface area contributed by atoms with E-state index in [4.69, 9.17) is 19.3 Å². The van der Waals surface area contributed by atoms with Gasteiger partial charge in [-0.2, -0.15) is 4.98 Å². The molecule has 2 aromatic rings. The molecule has 32 heavy (non-hydrogen) atoms. The zero-order valence-corrected chi connectivity index (χ0v) is 21.4. The largest absolute Gasteiger partial charge is 0.493 e. The Balaban J connectivity index is 2.13. The molecule has 0 fully saturated rings. The van der Waals surface area contributed by atoms with Crippen molar-refractivity contribution < 1.29 is 19.0 Å². The number of unbranched alkanes of at least 4 members (excludes halogenated alkanes) is 1. The van der Waals surface area contributed by atoms with Crippen molar-refractivity contribution in [2.45, 2.75) is 51.7 Å². The topological polar surface area (TPSA) is 87.5 Å². The summed E-state index contributed by atoms with van der Waals surface area (Å²) in [6, 6.07) is 3.26. The number of aromatic nitrogens is 3. The van der Waals surface area contributed by atoms with Gasteiger partial charge in [0.1, 0.15) is 6.04 Å². The summed E-state index contributed by atoms with van der Waals surface area (Å²) in [5.41, 5.74) is 1.97. The molecule has 0 radical (unpaired) electrons. The number of hydrogen-bond donors (Lipinski definition) is 1. The van der Waals surface area contributed by atoms with Crippen LogP contribution >= 0.6 is 27.7 Å². The molecule has 174 valence electrons. The lowest BCUT2D eigenvalue weighted by atomic mass is 9.95. The number of benzene rings is 1. The summed E-state index contributed by atoms with van der Waals surface area (Å²) in [7, 11) is 1.59. The van der Waals surface area contributed by atoms with E-state index < -0.39 is 12.0 Å². The minimum absolute atomic E-state index is 0.279. The first-order valence-corrected chi connectivity index (χ1v) is 12.5. The molecule has 1 N–H and O–H groups in total. The SMILES string of the molecule is CCCCSc1nc2n(n1)C(c1cc(Br)c(OCC)c(OC)c1)C(C(=O)OCC)=C(C)N2. The summed E-state index contributed by atoms with van der Waals surface area (Å²) in [5.74, 6) is 2.30. The van der Waals surface area contributed by atoms with E-state index in [-0.39, 0.29) is 6.61 Å². The molecule has 0 amide bonds. The predicted octanol–water partition coefficient (Wildman–Crippen LogP) is 5.19. The number of hydrogen-bond acceptors (Lipinski definition) is 8. The van der Waals surface area contributed by atoms with Crippen molar-refractivity contribution in [2.75, 3.05) is 31.4 Å². The average Bonchev–Trinajstić information content (AvgIpc) is 3.16. The first-order valence-electron chi connectivity index (χ1n) is 10.7. The number of esters is 1. The number of methoxy groups -OCH3 is 1. The number of anilines is 1. The van der Waals surface area contributed by atoms with E-state index >= 15 is 0 Å². The summed E-state index contributed by atoms with van der Waals surface area (Å²) < 4.78 is 19.2. The van der Waals surface area contributed by atoms with Crippen molar-refractivity contribution >= 4 is 39.6 Å². The maximum atomic E-state index is 13.0. The third-order valence-corrected chi connectivity index (χ3v) is 6.43. The molecule has 8 nitrogen and oxygen atoms in total. The van der Waals surface area contributed by atoms with Gasteiger partial charge in [-0.3, -0.25) is 0 Å². The van der Waals surface area contributed by atoms with Crippen LogP contribution in [0.3, 0.4) is 0 Å². The molecule has 3 rings (SSSR count). The molecule has 0 aliphatic carbocycles. The minimum Gasteiger partial charge on any atom is -0.493 e. The van der Waals surface area contributed by atoms with Gasteiger partial charge in [0, 0.05) is 11.4 Å². The van der Waals surface area contributed by atoms with Gasteiger partial charge in [0.15, 0.2) is 11.5 Å². The van der Waals surface area contributed by atoms with Gasteiger partial charge in [-0.15, -0.1) is 5.10 Å². The van der Waals surface area contributed by atoms with Crippen molar-refractivity contribution in [1.29, 1.82) is 0 Å². The Kier molecular flexibility index (Phi) is 8.47. The third kappa shape index (κ3) is 5.06. The maximum absolute atomic E-state index is 13.0. The molecular weight excluding hydrogens is 496 g/mol. The highest BCUT2D eigenvalue weighted by atomic mass is 79.9. The van der Waals surface area contributed by atoms with Crippen LogP contribution in [0.4, 0.5) is 5.95 Å². The van der Waals surface area contributed by atoms with E-state index in [1.165, 1.54) is 0 Å². The predicted molar refractivity (Wildman–Crippen MR) is 129 cm³/mol. The van der Waals surface area contributed by atoms with Gasteiger partial charge in [-0.1, -0.05) is 25.1 Å². The van der Waals surface area contributed by atoms with E-state index in [2.05, 4.69) is 33.2 Å². The van der Waals surface area contributed by atoms with E-state index in [1.807, 2.05) is 26.0 Å². The molecule has 10 heteroatoms. The fraction of sp³-hybridized carbons (Fsp3) is 0.500. The van der Waals surface area contributed by atoms with Crippen LogP contribution in [-0.2, 0) is 9.53 Å². The molecule has 0 saturated heterocycles. The van der Waals surface area contributed by atoms with Crippen molar-refractivity contribution in [1.82, 2.24) is 14.8 Å². The number of allylic oxidation sites excluding steroid dienone is 1. The Morgan fingerprint density at radius 1 is 1.28 bits per heavy atom. The van der Waals surface area contributed by atoms with Crippen LogP contribution in [0, 0.1) is 0 Å². The summed E-state index contributed by atoms with van der Waals surface area (Å²) in [5, 5.41) is 8.62. The lowest BCUT2D eigenvalue weighted by molar-refractivity contribution is -0.139. The van der Waals surface area contributed by atoms with Crippen molar-refractivity contribution in [3.63, 3.8) is 0 Å². The minimum atomic E-state index is -0.529. The molecule has 1 aliphatic rings. The molecule has 1 atom stereocenters. The number of carbonyl (C=O) groups excluding carboxylic acids is 1. The smallest absolute Gasteiger partial charge is 0.338 e. The Morgan fingerprint density at radius 3 is 2.72 bits per heavy atom. The zero-order valence-electron chi connectivity index (χ0n) is 19.0. The van der Waals surface area contributed by atoms with Crippen LogP contribution in [0.15, 0.2) is 33.0 Å². The molecule has 0 saturated carbocycles. The monoisotopic (exact) mass is 524 g/mol. The highest BCUT2D eigenvalue weighted by molar-refractivity contribution is 9.10. The van der Waals surface area contributed by atoms with Crippen LogP contribution in [0.5, 0.6) is 11.5 Å². The number of carbonyl (C=O) groups is 1. The number of ether oxygens (including phenoxy) is 3. The fourth-order valence-electron chi connectivity index (χ4n) is 3.46. The van der Waals surface area contributed by atoms with Crippen molar-refractivity contribution in [2.24, 2.45) is 0 Å². The molecule has 2 heterocycles. The highest BCUT2D eigenvalue weighted by Gasteiger charge is 2.36. The number of nitrogens with one attached hydrogen (secondary N) is 1. The zero-order chi connectivity index (χ0) is 23.3. The third-order valence-electron chi connectivity index (χ3n) is 4.91. The van der Waals surface area contributed by atoms with Crippen LogP contribution in [-0.4, -0.2) is 46.8 Å². The molecule has 0 spiro atoms. The molecule has 1 aromatic carbocycles. The second-order valence-electron chi connectivity index (χ2n) is 7.12. The number of nitrogens with zero attached hydrogens (tertiary/aromatic N) is 3. The summed E-state index contributed by atoms with van der Waals surface area (Å²) in [6.45, 7) is 8.49.